The largest absolute Gasteiger partial charge is 0.482 e. The van der Waals surface area contributed by atoms with Crippen LogP contribution in [-0.2, 0) is 30.0 Å². The first kappa shape index (κ1) is 28.1. The van der Waals surface area contributed by atoms with E-state index >= 15 is 0 Å². The van der Waals surface area contributed by atoms with Crippen LogP contribution in [0, 0.1) is 0 Å². The third-order valence-electron chi connectivity index (χ3n) is 4.54. The standard InChI is InChI=1S/C29H34NO6S/c1-28(2,3)35-26(31)19-33-21-9-13-23(14-10-21)37(25-8-7-17-30-18-25)24-15-11-22(12-16-24)34-20-27(32)36-29(4,5)6/h7-18H,19-20H2,1-6H3/q+1. The molecule has 0 N–H and O–H groups in total. The fraction of sp³-hybridized carbons (Fsp3) is 0.345. The van der Waals surface area contributed by atoms with Gasteiger partial charge in [-0.15, -0.1) is 0 Å². The Labute approximate surface area is 221 Å². The predicted molar refractivity (Wildman–Crippen MR) is 142 cm³/mol. The van der Waals surface area contributed by atoms with Gasteiger partial charge in [-0.05, 0) is 102 Å². The van der Waals surface area contributed by atoms with Crippen molar-refractivity contribution in [1.29, 1.82) is 0 Å². The van der Waals surface area contributed by atoms with E-state index in [1.54, 1.807) is 6.20 Å². The molecule has 1 heterocycles. The number of benzene rings is 2. The van der Waals surface area contributed by atoms with E-state index < -0.39 is 34.0 Å². The van der Waals surface area contributed by atoms with E-state index in [-0.39, 0.29) is 13.2 Å². The van der Waals surface area contributed by atoms with Crippen LogP contribution < -0.4 is 9.47 Å². The first-order chi connectivity index (χ1) is 17.4. The number of esters is 2. The number of aromatic nitrogens is 1. The number of nitrogens with zero attached hydrogens (tertiary/aromatic N) is 1. The Hall–Kier alpha value is -3.52. The van der Waals surface area contributed by atoms with Crippen LogP contribution in [0.5, 0.6) is 11.5 Å². The molecule has 0 spiro atoms. The van der Waals surface area contributed by atoms with E-state index in [1.165, 1.54) is 0 Å². The van der Waals surface area contributed by atoms with Crippen LogP contribution in [0.15, 0.2) is 87.7 Å². The SMILES string of the molecule is CC(C)(C)OC(=O)COc1ccc([S+](c2ccc(OCC(=O)OC(C)(C)C)cc2)c2cccnc2)cc1. The van der Waals surface area contributed by atoms with E-state index in [1.807, 2.05) is 108 Å². The highest BCUT2D eigenvalue weighted by atomic mass is 32.2. The average molecular weight is 525 g/mol. The molecule has 7 nitrogen and oxygen atoms in total. The smallest absolute Gasteiger partial charge is 0.344 e. The van der Waals surface area contributed by atoms with Gasteiger partial charge < -0.3 is 18.9 Å². The lowest BCUT2D eigenvalue weighted by Crippen LogP contribution is -2.27. The van der Waals surface area contributed by atoms with E-state index in [0.717, 1.165) is 14.7 Å². The summed E-state index contributed by atoms with van der Waals surface area (Å²) >= 11 is 0. The lowest BCUT2D eigenvalue weighted by Gasteiger charge is -2.19. The molecule has 2 aromatic carbocycles. The molecule has 196 valence electrons. The average Bonchev–Trinajstić information content (AvgIpc) is 2.82. The number of ether oxygens (including phenoxy) is 4. The second-order valence-electron chi connectivity index (χ2n) is 10.2. The molecule has 1 aromatic heterocycles. The van der Waals surface area contributed by atoms with Crippen LogP contribution in [0.4, 0.5) is 0 Å². The molecule has 0 unspecified atom stereocenters. The maximum absolute atomic E-state index is 12.0. The summed E-state index contributed by atoms with van der Waals surface area (Å²) in [6.45, 7) is 10.6. The second-order valence-corrected chi connectivity index (χ2v) is 12.2. The van der Waals surface area contributed by atoms with Crippen molar-refractivity contribution in [2.45, 2.75) is 67.4 Å². The van der Waals surface area contributed by atoms with Gasteiger partial charge in [0.1, 0.15) is 33.6 Å². The topological polar surface area (TPSA) is 84.0 Å². The van der Waals surface area contributed by atoms with Crippen molar-refractivity contribution in [3.8, 4) is 11.5 Å². The maximum atomic E-state index is 12.0. The summed E-state index contributed by atoms with van der Waals surface area (Å²) in [5.41, 5.74) is -1.11. The van der Waals surface area contributed by atoms with Crippen LogP contribution in [-0.4, -0.2) is 41.3 Å². The van der Waals surface area contributed by atoms with Gasteiger partial charge >= 0.3 is 11.9 Å². The summed E-state index contributed by atoms with van der Waals surface area (Å²) < 4.78 is 21.8. The minimum absolute atomic E-state index is 0.157. The molecular weight excluding hydrogens is 490 g/mol. The summed E-state index contributed by atoms with van der Waals surface area (Å²) in [7, 11) is -0.440. The lowest BCUT2D eigenvalue weighted by molar-refractivity contribution is -0.158. The zero-order valence-corrected chi connectivity index (χ0v) is 23.0. The molecule has 0 radical (unpaired) electrons. The van der Waals surface area contributed by atoms with Crippen LogP contribution in [0.25, 0.3) is 0 Å². The van der Waals surface area contributed by atoms with Crippen LogP contribution in [0.2, 0.25) is 0 Å². The Bertz CT molecular complexity index is 1090. The number of carbonyl (C=O) groups excluding carboxylic acids is 2. The van der Waals surface area contributed by atoms with Gasteiger partial charge in [-0.3, -0.25) is 4.98 Å². The van der Waals surface area contributed by atoms with Crippen LogP contribution >= 0.6 is 0 Å². The third-order valence-corrected chi connectivity index (χ3v) is 6.74. The van der Waals surface area contributed by atoms with Gasteiger partial charge in [-0.1, -0.05) is 0 Å². The van der Waals surface area contributed by atoms with E-state index in [0.29, 0.717) is 11.5 Å². The van der Waals surface area contributed by atoms with E-state index in [4.69, 9.17) is 18.9 Å². The van der Waals surface area contributed by atoms with Crippen molar-refractivity contribution in [1.82, 2.24) is 4.98 Å². The number of hydrogen-bond acceptors (Lipinski definition) is 7. The molecule has 3 aromatic rings. The molecule has 0 atom stereocenters. The summed E-state index contributed by atoms with van der Waals surface area (Å²) in [6, 6.07) is 19.2. The molecule has 37 heavy (non-hydrogen) atoms. The highest BCUT2D eigenvalue weighted by molar-refractivity contribution is 7.97. The first-order valence-electron chi connectivity index (χ1n) is 11.9. The first-order valence-corrected chi connectivity index (χ1v) is 13.2. The van der Waals surface area contributed by atoms with Gasteiger partial charge in [0, 0.05) is 6.20 Å². The third kappa shape index (κ3) is 9.46. The molecule has 8 heteroatoms. The van der Waals surface area contributed by atoms with Crippen LogP contribution in [0.3, 0.4) is 0 Å². The molecule has 0 bridgehead atoms. The summed E-state index contributed by atoms with van der Waals surface area (Å²) in [5.74, 6) is 0.326. The summed E-state index contributed by atoms with van der Waals surface area (Å²) in [4.78, 5) is 31.4. The highest BCUT2D eigenvalue weighted by Crippen LogP contribution is 2.32. The molecule has 0 amide bonds. The molecule has 0 saturated carbocycles. The Morgan fingerprint density at radius 3 is 1.46 bits per heavy atom. The van der Waals surface area contributed by atoms with Gasteiger partial charge in [-0.25, -0.2) is 9.59 Å². The van der Waals surface area contributed by atoms with E-state index in [9.17, 15) is 9.59 Å². The fourth-order valence-corrected chi connectivity index (χ4v) is 5.26. The Morgan fingerprint density at radius 1 is 0.676 bits per heavy atom. The highest BCUT2D eigenvalue weighted by Gasteiger charge is 2.29. The number of pyridine rings is 1. The monoisotopic (exact) mass is 524 g/mol. The van der Waals surface area contributed by atoms with E-state index in [2.05, 4.69) is 4.98 Å². The van der Waals surface area contributed by atoms with Crippen molar-refractivity contribution in [3.63, 3.8) is 0 Å². The quantitative estimate of drug-likeness (QED) is 0.265. The molecule has 0 fully saturated rings. The van der Waals surface area contributed by atoms with Crippen LogP contribution in [0.1, 0.15) is 41.5 Å². The minimum atomic E-state index is -0.557. The molecule has 0 aliphatic heterocycles. The predicted octanol–water partition coefficient (Wildman–Crippen LogP) is 5.62. The molecule has 0 saturated heterocycles. The van der Waals surface area contributed by atoms with Crippen molar-refractivity contribution in [2.75, 3.05) is 13.2 Å². The Balaban J connectivity index is 1.73. The Kier molecular flexibility index (Phi) is 9.21. The zero-order chi connectivity index (χ0) is 27.1. The normalized spacial score (nSPS) is 11.6. The molecule has 0 aliphatic rings. The second kappa shape index (κ2) is 12.1. The molecule has 0 aliphatic carbocycles. The molecular formula is C29H34NO6S+. The van der Waals surface area contributed by atoms with Crippen molar-refractivity contribution >= 4 is 22.8 Å². The fourth-order valence-electron chi connectivity index (χ4n) is 3.25. The Morgan fingerprint density at radius 2 is 1.11 bits per heavy atom. The summed E-state index contributed by atoms with van der Waals surface area (Å²) in [6.07, 6.45) is 3.59. The maximum Gasteiger partial charge on any atom is 0.344 e. The molecule has 3 rings (SSSR count). The van der Waals surface area contributed by atoms with Crippen molar-refractivity contribution in [2.24, 2.45) is 0 Å². The van der Waals surface area contributed by atoms with Gasteiger partial charge in [-0.2, -0.15) is 0 Å². The van der Waals surface area contributed by atoms with Crippen molar-refractivity contribution in [3.05, 3.63) is 73.1 Å². The van der Waals surface area contributed by atoms with Gasteiger partial charge in [0.25, 0.3) is 0 Å². The number of hydrogen-bond donors (Lipinski definition) is 0. The van der Waals surface area contributed by atoms with Gasteiger partial charge in [0.05, 0.1) is 6.20 Å². The number of carbonyl (C=O) groups is 2. The zero-order valence-electron chi connectivity index (χ0n) is 22.1. The number of rotatable bonds is 9. The van der Waals surface area contributed by atoms with Gasteiger partial charge in [0.15, 0.2) is 27.9 Å². The van der Waals surface area contributed by atoms with Crippen molar-refractivity contribution < 1.29 is 28.5 Å². The van der Waals surface area contributed by atoms with Gasteiger partial charge in [0.2, 0.25) is 0 Å². The summed E-state index contributed by atoms with van der Waals surface area (Å²) in [5, 5.41) is 0. The lowest BCUT2D eigenvalue weighted by atomic mass is 10.2. The minimum Gasteiger partial charge on any atom is -0.482 e.